The first-order chi connectivity index (χ1) is 11.9. The van der Waals surface area contributed by atoms with Crippen molar-refractivity contribution in [2.24, 2.45) is 0 Å². The van der Waals surface area contributed by atoms with Gasteiger partial charge in [0, 0.05) is 27.2 Å². The molecule has 3 rings (SSSR count). The summed E-state index contributed by atoms with van der Waals surface area (Å²) in [6, 6.07) is 15.1. The zero-order valence-electron chi connectivity index (χ0n) is 14.4. The van der Waals surface area contributed by atoms with Crippen LogP contribution in [-0.4, -0.2) is 14.9 Å². The van der Waals surface area contributed by atoms with Gasteiger partial charge < -0.3 is 5.11 Å². The molecule has 1 aromatic heterocycles. The quantitative estimate of drug-likeness (QED) is 0.623. The van der Waals surface area contributed by atoms with Crippen LogP contribution >= 0.6 is 23.2 Å². The SMILES string of the molecule is Cc1nn(C(C)C)c(-c2cc(Cl)cc(Cl)c2)c1C(O)c1ccccc1. The number of benzene rings is 2. The number of aromatic nitrogens is 2. The number of hydrogen-bond acceptors (Lipinski definition) is 2. The van der Waals surface area contributed by atoms with Crippen molar-refractivity contribution in [2.45, 2.75) is 32.9 Å². The van der Waals surface area contributed by atoms with Gasteiger partial charge in [-0.25, -0.2) is 0 Å². The smallest absolute Gasteiger partial charge is 0.108 e. The molecule has 1 heterocycles. The number of hydrogen-bond donors (Lipinski definition) is 1. The van der Waals surface area contributed by atoms with Crippen LogP contribution in [0.5, 0.6) is 0 Å². The summed E-state index contributed by atoms with van der Waals surface area (Å²) < 4.78 is 1.92. The third-order valence-electron chi connectivity index (χ3n) is 4.15. The van der Waals surface area contributed by atoms with Gasteiger partial charge in [0.05, 0.1) is 11.4 Å². The molecule has 0 spiro atoms. The summed E-state index contributed by atoms with van der Waals surface area (Å²) in [6.07, 6.45) is -0.776. The molecule has 0 aliphatic heterocycles. The minimum absolute atomic E-state index is 0.128. The van der Waals surface area contributed by atoms with Gasteiger partial charge in [0.15, 0.2) is 0 Å². The van der Waals surface area contributed by atoms with Gasteiger partial charge in [-0.3, -0.25) is 4.68 Å². The van der Waals surface area contributed by atoms with Gasteiger partial charge >= 0.3 is 0 Å². The van der Waals surface area contributed by atoms with E-state index in [1.54, 1.807) is 6.07 Å². The monoisotopic (exact) mass is 374 g/mol. The van der Waals surface area contributed by atoms with E-state index >= 15 is 0 Å². The molecule has 5 heteroatoms. The van der Waals surface area contributed by atoms with Gasteiger partial charge in [-0.15, -0.1) is 0 Å². The van der Waals surface area contributed by atoms with Crippen LogP contribution in [0.4, 0.5) is 0 Å². The maximum atomic E-state index is 11.0. The van der Waals surface area contributed by atoms with Crippen LogP contribution in [0.3, 0.4) is 0 Å². The van der Waals surface area contributed by atoms with Crippen LogP contribution < -0.4 is 0 Å². The van der Waals surface area contributed by atoms with Gasteiger partial charge in [-0.1, -0.05) is 53.5 Å². The molecule has 3 aromatic rings. The van der Waals surface area contributed by atoms with E-state index in [0.717, 1.165) is 28.1 Å². The molecule has 0 bridgehead atoms. The number of aliphatic hydroxyl groups excluding tert-OH is 1. The lowest BCUT2D eigenvalue weighted by molar-refractivity contribution is 0.220. The Bertz CT molecular complexity index is 868. The fraction of sp³-hybridized carbons (Fsp3) is 0.250. The Labute approximate surface area is 157 Å². The number of aryl methyl sites for hydroxylation is 1. The maximum absolute atomic E-state index is 11.0. The molecule has 25 heavy (non-hydrogen) atoms. The molecular weight excluding hydrogens is 355 g/mol. The minimum Gasteiger partial charge on any atom is -0.384 e. The highest BCUT2D eigenvalue weighted by atomic mass is 35.5. The number of halogens is 2. The highest BCUT2D eigenvalue weighted by molar-refractivity contribution is 6.35. The van der Waals surface area contributed by atoms with Crippen molar-refractivity contribution in [2.75, 3.05) is 0 Å². The zero-order valence-corrected chi connectivity index (χ0v) is 15.9. The van der Waals surface area contributed by atoms with Crippen LogP contribution in [0.1, 0.15) is 42.8 Å². The number of aliphatic hydroxyl groups is 1. The van der Waals surface area contributed by atoms with Crippen molar-refractivity contribution in [3.8, 4) is 11.3 Å². The van der Waals surface area contributed by atoms with Crippen molar-refractivity contribution >= 4 is 23.2 Å². The minimum atomic E-state index is -0.776. The van der Waals surface area contributed by atoms with Gasteiger partial charge in [0.1, 0.15) is 6.10 Å². The van der Waals surface area contributed by atoms with E-state index in [2.05, 4.69) is 18.9 Å². The van der Waals surface area contributed by atoms with Crippen LogP contribution in [0, 0.1) is 6.92 Å². The fourth-order valence-electron chi connectivity index (χ4n) is 3.04. The molecule has 0 amide bonds. The average molecular weight is 375 g/mol. The van der Waals surface area contributed by atoms with Crippen molar-refractivity contribution in [1.29, 1.82) is 0 Å². The predicted octanol–water partition coefficient (Wildman–Crippen LogP) is 5.83. The lowest BCUT2D eigenvalue weighted by atomic mass is 9.96. The molecule has 1 unspecified atom stereocenters. The van der Waals surface area contributed by atoms with Gasteiger partial charge in [-0.05, 0) is 44.5 Å². The van der Waals surface area contributed by atoms with E-state index in [-0.39, 0.29) is 6.04 Å². The second-order valence-electron chi connectivity index (χ2n) is 6.36. The summed E-state index contributed by atoms with van der Waals surface area (Å²) >= 11 is 12.4. The van der Waals surface area contributed by atoms with Crippen molar-refractivity contribution in [3.05, 3.63) is 75.4 Å². The molecular formula is C20H20Cl2N2O. The summed E-state index contributed by atoms with van der Waals surface area (Å²) in [6.45, 7) is 6.03. The summed E-state index contributed by atoms with van der Waals surface area (Å²) in [7, 11) is 0. The topological polar surface area (TPSA) is 38.0 Å². The molecule has 3 nitrogen and oxygen atoms in total. The van der Waals surface area contributed by atoms with Crippen LogP contribution in [0.15, 0.2) is 48.5 Å². The first-order valence-electron chi connectivity index (χ1n) is 8.17. The highest BCUT2D eigenvalue weighted by Gasteiger charge is 2.25. The van der Waals surface area contributed by atoms with E-state index in [4.69, 9.17) is 23.2 Å². The number of rotatable bonds is 4. The van der Waals surface area contributed by atoms with Crippen molar-refractivity contribution < 1.29 is 5.11 Å². The maximum Gasteiger partial charge on any atom is 0.108 e. The molecule has 1 atom stereocenters. The average Bonchev–Trinajstić information content (AvgIpc) is 2.92. The molecule has 0 aliphatic rings. The van der Waals surface area contributed by atoms with E-state index in [9.17, 15) is 5.11 Å². The molecule has 0 fully saturated rings. The molecule has 0 radical (unpaired) electrons. The van der Waals surface area contributed by atoms with Gasteiger partial charge in [0.2, 0.25) is 0 Å². The fourth-order valence-corrected chi connectivity index (χ4v) is 3.57. The van der Waals surface area contributed by atoms with E-state index < -0.39 is 6.10 Å². The Morgan fingerprint density at radius 3 is 2.16 bits per heavy atom. The third-order valence-corrected chi connectivity index (χ3v) is 4.58. The normalized spacial score (nSPS) is 12.6. The van der Waals surface area contributed by atoms with Crippen LogP contribution in [-0.2, 0) is 0 Å². The molecule has 130 valence electrons. The van der Waals surface area contributed by atoms with Crippen LogP contribution in [0.25, 0.3) is 11.3 Å². The first-order valence-corrected chi connectivity index (χ1v) is 8.92. The Hall–Kier alpha value is -1.81. The lowest BCUT2D eigenvalue weighted by Crippen LogP contribution is -2.07. The van der Waals surface area contributed by atoms with E-state index in [0.29, 0.717) is 10.0 Å². The zero-order chi connectivity index (χ0) is 18.1. The summed E-state index contributed by atoms with van der Waals surface area (Å²) in [5.74, 6) is 0. The van der Waals surface area contributed by atoms with Crippen molar-refractivity contribution in [1.82, 2.24) is 9.78 Å². The lowest BCUT2D eigenvalue weighted by Gasteiger charge is -2.17. The molecule has 2 aromatic carbocycles. The second-order valence-corrected chi connectivity index (χ2v) is 7.23. The summed E-state index contributed by atoms with van der Waals surface area (Å²) in [5.41, 5.74) is 4.07. The van der Waals surface area contributed by atoms with Gasteiger partial charge in [-0.2, -0.15) is 5.10 Å². The molecule has 1 N–H and O–H groups in total. The largest absolute Gasteiger partial charge is 0.384 e. The standard InChI is InChI=1S/C20H20Cl2N2O/c1-12(2)24-19(15-9-16(21)11-17(22)10-15)18(13(3)23-24)20(25)14-7-5-4-6-8-14/h4-12,20,25H,1-3H3. The molecule has 0 saturated heterocycles. The molecule has 0 aliphatic carbocycles. The van der Waals surface area contributed by atoms with Gasteiger partial charge in [0.25, 0.3) is 0 Å². The van der Waals surface area contributed by atoms with E-state index in [1.165, 1.54) is 0 Å². The van der Waals surface area contributed by atoms with Crippen LogP contribution in [0.2, 0.25) is 10.0 Å². The number of nitrogens with zero attached hydrogens (tertiary/aromatic N) is 2. The Balaban J connectivity index is 2.25. The first kappa shape index (κ1) is 18.0. The predicted molar refractivity (Wildman–Crippen MR) is 103 cm³/mol. The second kappa shape index (κ2) is 7.20. The van der Waals surface area contributed by atoms with Crippen molar-refractivity contribution in [3.63, 3.8) is 0 Å². The highest BCUT2D eigenvalue weighted by Crippen LogP contribution is 2.37. The summed E-state index contributed by atoms with van der Waals surface area (Å²) in [4.78, 5) is 0. The molecule has 0 saturated carbocycles. The van der Waals surface area contributed by atoms with E-state index in [1.807, 2.05) is 54.1 Å². The third kappa shape index (κ3) is 3.59. The Morgan fingerprint density at radius 2 is 1.60 bits per heavy atom. The summed E-state index contributed by atoms with van der Waals surface area (Å²) in [5, 5.41) is 16.8. The Kier molecular flexibility index (Phi) is 5.19. The Morgan fingerprint density at radius 1 is 1.00 bits per heavy atom.